The molecule has 0 aliphatic carbocycles. The lowest BCUT2D eigenvalue weighted by Crippen LogP contribution is -2.27. The molecular formula is C13H18N4O2S. The molecule has 0 radical (unpaired) electrons. The van der Waals surface area contributed by atoms with Gasteiger partial charge in [0.05, 0.1) is 17.1 Å². The van der Waals surface area contributed by atoms with E-state index in [0.29, 0.717) is 22.8 Å². The fourth-order valence-electron chi connectivity index (χ4n) is 2.09. The molecule has 0 unspecified atom stereocenters. The van der Waals surface area contributed by atoms with Gasteiger partial charge in [-0.05, 0) is 38.1 Å². The van der Waals surface area contributed by atoms with Crippen LogP contribution in [0.2, 0.25) is 0 Å². The van der Waals surface area contributed by atoms with Gasteiger partial charge >= 0.3 is 0 Å². The van der Waals surface area contributed by atoms with E-state index in [0.717, 1.165) is 0 Å². The average molecular weight is 294 g/mol. The lowest BCUT2D eigenvalue weighted by Gasteiger charge is -2.19. The van der Waals surface area contributed by atoms with E-state index in [1.54, 1.807) is 49.8 Å². The van der Waals surface area contributed by atoms with Gasteiger partial charge in [-0.15, -0.1) is 0 Å². The maximum absolute atomic E-state index is 12.7. The lowest BCUT2D eigenvalue weighted by molar-refractivity contribution is 0.593. The van der Waals surface area contributed by atoms with Gasteiger partial charge in [0.25, 0.3) is 10.0 Å². The van der Waals surface area contributed by atoms with Crippen LogP contribution in [0.25, 0.3) is 0 Å². The highest BCUT2D eigenvalue weighted by Gasteiger charge is 2.28. The van der Waals surface area contributed by atoms with Crippen molar-refractivity contribution in [3.05, 3.63) is 35.7 Å². The number of nitrogen functional groups attached to an aromatic ring is 1. The minimum absolute atomic E-state index is 0.249. The molecule has 0 atom stereocenters. The summed E-state index contributed by atoms with van der Waals surface area (Å²) >= 11 is 0. The maximum atomic E-state index is 12.7. The second-order valence-corrected chi connectivity index (χ2v) is 6.59. The van der Waals surface area contributed by atoms with Gasteiger partial charge in [-0.1, -0.05) is 0 Å². The number of anilines is 2. The van der Waals surface area contributed by atoms with E-state index >= 15 is 0 Å². The number of sulfonamides is 1. The number of aromatic nitrogens is 2. The molecule has 7 heteroatoms. The zero-order valence-electron chi connectivity index (χ0n) is 12.0. The molecule has 0 spiro atoms. The van der Waals surface area contributed by atoms with Crippen LogP contribution in [0, 0.1) is 13.8 Å². The Morgan fingerprint density at radius 2 is 1.75 bits per heavy atom. The third kappa shape index (κ3) is 2.24. The van der Waals surface area contributed by atoms with Crippen molar-refractivity contribution in [3.8, 4) is 0 Å². The quantitative estimate of drug-likeness (QED) is 0.869. The monoisotopic (exact) mass is 294 g/mol. The van der Waals surface area contributed by atoms with E-state index in [-0.39, 0.29) is 4.90 Å². The first-order valence-electron chi connectivity index (χ1n) is 6.10. The summed E-state index contributed by atoms with van der Waals surface area (Å²) in [6.07, 6.45) is 0. The van der Waals surface area contributed by atoms with Crippen LogP contribution < -0.4 is 10.0 Å². The molecule has 1 heterocycles. The SMILES string of the molecule is Cc1nn(C)c(C)c1S(=O)(=O)N(C)c1ccc(N)cc1. The summed E-state index contributed by atoms with van der Waals surface area (Å²) in [6, 6.07) is 6.69. The molecule has 1 aromatic carbocycles. The van der Waals surface area contributed by atoms with Crippen molar-refractivity contribution in [1.82, 2.24) is 9.78 Å². The molecule has 0 saturated carbocycles. The van der Waals surface area contributed by atoms with E-state index in [9.17, 15) is 8.42 Å². The topological polar surface area (TPSA) is 81.2 Å². The molecule has 0 aliphatic heterocycles. The predicted molar refractivity (Wildman–Crippen MR) is 79.1 cm³/mol. The summed E-state index contributed by atoms with van der Waals surface area (Å²) in [5.74, 6) is 0. The van der Waals surface area contributed by atoms with Crippen LogP contribution in [-0.2, 0) is 17.1 Å². The summed E-state index contributed by atoms with van der Waals surface area (Å²) in [6.45, 7) is 3.43. The van der Waals surface area contributed by atoms with Gasteiger partial charge in [-0.2, -0.15) is 5.10 Å². The van der Waals surface area contributed by atoms with Crippen LogP contribution in [-0.4, -0.2) is 25.2 Å². The minimum atomic E-state index is -3.64. The van der Waals surface area contributed by atoms with Crippen molar-refractivity contribution >= 4 is 21.4 Å². The van der Waals surface area contributed by atoms with Crippen molar-refractivity contribution in [3.63, 3.8) is 0 Å². The number of aryl methyl sites for hydroxylation is 2. The number of nitrogens with zero attached hydrogens (tertiary/aromatic N) is 3. The molecule has 2 aromatic rings. The molecular weight excluding hydrogens is 276 g/mol. The Morgan fingerprint density at radius 1 is 1.20 bits per heavy atom. The third-order valence-corrected chi connectivity index (χ3v) is 5.36. The van der Waals surface area contributed by atoms with E-state index < -0.39 is 10.0 Å². The maximum Gasteiger partial charge on any atom is 0.267 e. The van der Waals surface area contributed by atoms with Gasteiger partial charge in [-0.3, -0.25) is 8.99 Å². The van der Waals surface area contributed by atoms with E-state index in [2.05, 4.69) is 5.10 Å². The first-order chi connectivity index (χ1) is 9.25. The van der Waals surface area contributed by atoms with Gasteiger partial charge in [0.1, 0.15) is 4.90 Å². The highest BCUT2D eigenvalue weighted by molar-refractivity contribution is 7.92. The van der Waals surface area contributed by atoms with Crippen molar-refractivity contribution in [2.45, 2.75) is 18.7 Å². The number of rotatable bonds is 3. The van der Waals surface area contributed by atoms with Gasteiger partial charge in [-0.25, -0.2) is 8.42 Å². The Balaban J connectivity index is 2.52. The van der Waals surface area contributed by atoms with Crippen molar-refractivity contribution in [1.29, 1.82) is 0 Å². The first kappa shape index (κ1) is 14.4. The minimum Gasteiger partial charge on any atom is -0.399 e. The summed E-state index contributed by atoms with van der Waals surface area (Å²) in [7, 11) is -0.389. The van der Waals surface area contributed by atoms with Crippen LogP contribution >= 0.6 is 0 Å². The molecule has 6 nitrogen and oxygen atoms in total. The Morgan fingerprint density at radius 3 is 2.20 bits per heavy atom. The van der Waals surface area contributed by atoms with E-state index in [1.807, 2.05) is 0 Å². The third-order valence-electron chi connectivity index (χ3n) is 3.32. The van der Waals surface area contributed by atoms with E-state index in [4.69, 9.17) is 5.73 Å². The van der Waals surface area contributed by atoms with Gasteiger partial charge in [0.15, 0.2) is 0 Å². The van der Waals surface area contributed by atoms with Crippen LogP contribution in [0.3, 0.4) is 0 Å². The lowest BCUT2D eigenvalue weighted by atomic mass is 10.3. The smallest absolute Gasteiger partial charge is 0.267 e. The van der Waals surface area contributed by atoms with Crippen molar-refractivity contribution < 1.29 is 8.42 Å². The van der Waals surface area contributed by atoms with Gasteiger partial charge in [0, 0.05) is 19.8 Å². The highest BCUT2D eigenvalue weighted by atomic mass is 32.2. The Labute approximate surface area is 118 Å². The van der Waals surface area contributed by atoms with Crippen LogP contribution in [0.1, 0.15) is 11.4 Å². The van der Waals surface area contributed by atoms with Gasteiger partial charge in [0.2, 0.25) is 0 Å². The van der Waals surface area contributed by atoms with Crippen LogP contribution in [0.4, 0.5) is 11.4 Å². The Kier molecular flexibility index (Phi) is 3.47. The fraction of sp³-hybridized carbons (Fsp3) is 0.308. The largest absolute Gasteiger partial charge is 0.399 e. The summed E-state index contributed by atoms with van der Waals surface area (Å²) < 4.78 is 28.2. The normalized spacial score (nSPS) is 11.6. The second-order valence-electron chi connectivity index (χ2n) is 4.69. The average Bonchev–Trinajstić information content (AvgIpc) is 2.63. The molecule has 2 N–H and O–H groups in total. The first-order valence-corrected chi connectivity index (χ1v) is 7.54. The summed E-state index contributed by atoms with van der Waals surface area (Å²) in [5.41, 5.74) is 7.87. The van der Waals surface area contributed by atoms with Crippen molar-refractivity contribution in [2.75, 3.05) is 17.1 Å². The molecule has 0 amide bonds. The highest BCUT2D eigenvalue weighted by Crippen LogP contribution is 2.26. The number of nitrogens with two attached hydrogens (primary N) is 1. The summed E-state index contributed by atoms with van der Waals surface area (Å²) in [4.78, 5) is 0.249. The molecule has 0 fully saturated rings. The molecule has 1 aromatic heterocycles. The van der Waals surface area contributed by atoms with E-state index in [1.165, 1.54) is 11.4 Å². The second kappa shape index (κ2) is 4.82. The molecule has 108 valence electrons. The number of hydrogen-bond acceptors (Lipinski definition) is 4. The zero-order valence-corrected chi connectivity index (χ0v) is 12.8. The zero-order chi connectivity index (χ0) is 15.1. The van der Waals surface area contributed by atoms with Crippen molar-refractivity contribution in [2.24, 2.45) is 7.05 Å². The molecule has 0 aliphatic rings. The molecule has 2 rings (SSSR count). The Hall–Kier alpha value is -2.02. The number of benzene rings is 1. The van der Waals surface area contributed by atoms with Crippen LogP contribution in [0.15, 0.2) is 29.2 Å². The molecule has 0 bridgehead atoms. The fourth-order valence-corrected chi connectivity index (χ4v) is 3.68. The van der Waals surface area contributed by atoms with Gasteiger partial charge < -0.3 is 5.73 Å². The number of hydrogen-bond donors (Lipinski definition) is 1. The molecule has 0 saturated heterocycles. The predicted octanol–water partition coefficient (Wildman–Crippen LogP) is 1.44. The Bertz CT molecular complexity index is 732. The summed E-state index contributed by atoms with van der Waals surface area (Å²) in [5, 5.41) is 4.16. The molecule has 20 heavy (non-hydrogen) atoms. The standard InChI is InChI=1S/C13H18N4O2S/c1-9-13(10(2)16(3)15-9)20(18,19)17(4)12-7-5-11(14)6-8-12/h5-8H,14H2,1-4H3. The van der Waals surface area contributed by atoms with Crippen LogP contribution in [0.5, 0.6) is 0 Å².